The maximum atomic E-state index is 11.6. The summed E-state index contributed by atoms with van der Waals surface area (Å²) >= 11 is 0. The van der Waals surface area contributed by atoms with Crippen LogP contribution in [-0.2, 0) is 16.0 Å². The van der Waals surface area contributed by atoms with Gasteiger partial charge in [0, 0.05) is 6.04 Å². The lowest BCUT2D eigenvalue weighted by atomic mass is 10.1. The smallest absolute Gasteiger partial charge is 0.305 e. The summed E-state index contributed by atoms with van der Waals surface area (Å²) in [6, 6.07) is 8.95. The van der Waals surface area contributed by atoms with E-state index in [1.807, 2.05) is 37.3 Å². The van der Waals surface area contributed by atoms with Crippen molar-refractivity contribution < 1.29 is 14.7 Å². The molecule has 0 saturated heterocycles. The second-order valence-corrected chi connectivity index (χ2v) is 4.64. The number of aliphatic carboxylic acids is 1. The van der Waals surface area contributed by atoms with Crippen LogP contribution in [-0.4, -0.2) is 29.1 Å². The molecule has 104 valence electrons. The van der Waals surface area contributed by atoms with Gasteiger partial charge >= 0.3 is 5.97 Å². The van der Waals surface area contributed by atoms with Gasteiger partial charge in [0.25, 0.3) is 0 Å². The first-order valence-electron chi connectivity index (χ1n) is 6.30. The molecule has 0 aliphatic rings. The van der Waals surface area contributed by atoms with E-state index in [0.717, 1.165) is 12.8 Å². The van der Waals surface area contributed by atoms with Crippen molar-refractivity contribution in [3.8, 4) is 0 Å². The van der Waals surface area contributed by atoms with Crippen molar-refractivity contribution in [1.29, 1.82) is 0 Å². The average molecular weight is 264 g/mol. The van der Waals surface area contributed by atoms with Crippen LogP contribution in [0.5, 0.6) is 0 Å². The fourth-order valence-corrected chi connectivity index (χ4v) is 1.73. The highest BCUT2D eigenvalue weighted by molar-refractivity contribution is 5.86. The highest BCUT2D eigenvalue weighted by atomic mass is 16.4. The summed E-state index contributed by atoms with van der Waals surface area (Å²) in [5.74, 6) is -1.48. The van der Waals surface area contributed by atoms with Crippen molar-refractivity contribution in [2.75, 3.05) is 0 Å². The third-order valence-electron chi connectivity index (χ3n) is 2.83. The van der Waals surface area contributed by atoms with Crippen LogP contribution in [0.25, 0.3) is 0 Å². The first-order valence-corrected chi connectivity index (χ1v) is 6.30. The zero-order valence-electron chi connectivity index (χ0n) is 11.0. The van der Waals surface area contributed by atoms with Gasteiger partial charge in [0.15, 0.2) is 0 Å². The number of nitrogens with one attached hydrogen (secondary N) is 1. The lowest BCUT2D eigenvalue weighted by Gasteiger charge is -2.16. The average Bonchev–Trinajstić information content (AvgIpc) is 2.36. The molecule has 2 atom stereocenters. The summed E-state index contributed by atoms with van der Waals surface area (Å²) in [7, 11) is 0. The number of hydrogen-bond acceptors (Lipinski definition) is 3. The van der Waals surface area contributed by atoms with Crippen molar-refractivity contribution in [1.82, 2.24) is 5.32 Å². The maximum Gasteiger partial charge on any atom is 0.305 e. The van der Waals surface area contributed by atoms with Gasteiger partial charge in [-0.3, -0.25) is 9.59 Å². The van der Waals surface area contributed by atoms with E-state index in [0.29, 0.717) is 0 Å². The number of nitrogens with two attached hydrogens (primary N) is 1. The van der Waals surface area contributed by atoms with Crippen LogP contribution in [0.2, 0.25) is 0 Å². The Labute approximate surface area is 112 Å². The largest absolute Gasteiger partial charge is 0.481 e. The quantitative estimate of drug-likeness (QED) is 0.683. The number of rotatable bonds is 7. The molecule has 0 spiro atoms. The Hall–Kier alpha value is -1.88. The monoisotopic (exact) mass is 264 g/mol. The summed E-state index contributed by atoms with van der Waals surface area (Å²) in [5.41, 5.74) is 6.69. The molecular weight excluding hydrogens is 244 g/mol. The van der Waals surface area contributed by atoms with E-state index < -0.39 is 17.9 Å². The molecule has 0 heterocycles. The molecule has 0 bridgehead atoms. The first-order chi connectivity index (χ1) is 8.99. The van der Waals surface area contributed by atoms with Crippen LogP contribution in [0.3, 0.4) is 0 Å². The summed E-state index contributed by atoms with van der Waals surface area (Å²) in [4.78, 5) is 22.1. The molecule has 0 fully saturated rings. The lowest BCUT2D eigenvalue weighted by molar-refractivity contribution is -0.139. The molecular formula is C14H20N2O3. The minimum Gasteiger partial charge on any atom is -0.481 e. The third-order valence-corrected chi connectivity index (χ3v) is 2.83. The Bertz CT molecular complexity index is 420. The number of carbonyl (C=O) groups excluding carboxylic acids is 1. The molecule has 5 heteroatoms. The van der Waals surface area contributed by atoms with Crippen LogP contribution in [0.1, 0.15) is 25.3 Å². The summed E-state index contributed by atoms with van der Waals surface area (Å²) in [5, 5.41) is 11.3. The maximum absolute atomic E-state index is 11.6. The molecule has 0 aliphatic heterocycles. The van der Waals surface area contributed by atoms with E-state index in [9.17, 15) is 9.59 Å². The summed E-state index contributed by atoms with van der Waals surface area (Å²) in [6.07, 6.45) is 1.29. The van der Waals surface area contributed by atoms with E-state index in [2.05, 4.69) is 5.32 Å². The van der Waals surface area contributed by atoms with Crippen LogP contribution < -0.4 is 11.1 Å². The zero-order valence-corrected chi connectivity index (χ0v) is 11.0. The molecule has 1 amide bonds. The Morgan fingerprint density at radius 1 is 1.32 bits per heavy atom. The summed E-state index contributed by atoms with van der Waals surface area (Å²) in [6.45, 7) is 1.88. The van der Waals surface area contributed by atoms with Gasteiger partial charge in [-0.1, -0.05) is 30.3 Å². The van der Waals surface area contributed by atoms with Gasteiger partial charge in [-0.05, 0) is 25.3 Å². The van der Waals surface area contributed by atoms with E-state index in [-0.39, 0.29) is 12.5 Å². The van der Waals surface area contributed by atoms with Gasteiger partial charge in [0.1, 0.15) is 0 Å². The van der Waals surface area contributed by atoms with E-state index >= 15 is 0 Å². The van der Waals surface area contributed by atoms with Crippen molar-refractivity contribution in [2.45, 2.75) is 38.3 Å². The van der Waals surface area contributed by atoms with Crippen molar-refractivity contribution >= 4 is 11.9 Å². The standard InChI is InChI=1S/C14H20N2O3/c1-10(7-8-11-5-3-2-4-6-11)16-14(19)12(15)9-13(17)18/h2-6,10,12H,7-9,15H2,1H3,(H,16,19)(H,17,18)/t10-,12+/m0/s1. The van der Waals surface area contributed by atoms with Crippen molar-refractivity contribution in [3.63, 3.8) is 0 Å². The van der Waals surface area contributed by atoms with Gasteiger partial charge in [-0.25, -0.2) is 0 Å². The van der Waals surface area contributed by atoms with Crippen molar-refractivity contribution in [3.05, 3.63) is 35.9 Å². The molecule has 0 unspecified atom stereocenters. The lowest BCUT2D eigenvalue weighted by Crippen LogP contribution is -2.45. The van der Waals surface area contributed by atoms with Gasteiger partial charge in [0.2, 0.25) is 5.91 Å². The molecule has 1 rings (SSSR count). The molecule has 1 aromatic carbocycles. The van der Waals surface area contributed by atoms with Gasteiger partial charge in [0.05, 0.1) is 12.5 Å². The molecule has 1 aromatic rings. The Balaban J connectivity index is 2.32. The van der Waals surface area contributed by atoms with Crippen LogP contribution in [0, 0.1) is 0 Å². The molecule has 4 N–H and O–H groups in total. The second-order valence-electron chi connectivity index (χ2n) is 4.64. The Morgan fingerprint density at radius 2 is 1.95 bits per heavy atom. The fraction of sp³-hybridized carbons (Fsp3) is 0.429. The number of aryl methyl sites for hydroxylation is 1. The van der Waals surface area contributed by atoms with Crippen LogP contribution in [0.15, 0.2) is 30.3 Å². The van der Waals surface area contributed by atoms with E-state index in [4.69, 9.17) is 10.8 Å². The number of carboxylic acid groups (broad SMARTS) is 1. The van der Waals surface area contributed by atoms with Crippen molar-refractivity contribution in [2.24, 2.45) is 5.73 Å². The predicted molar refractivity (Wildman–Crippen MR) is 72.6 cm³/mol. The Morgan fingerprint density at radius 3 is 2.53 bits per heavy atom. The molecule has 0 radical (unpaired) electrons. The number of carboxylic acids is 1. The van der Waals surface area contributed by atoms with Gasteiger partial charge in [-0.2, -0.15) is 0 Å². The first kappa shape index (κ1) is 15.2. The van der Waals surface area contributed by atoms with E-state index in [1.165, 1.54) is 5.56 Å². The van der Waals surface area contributed by atoms with Gasteiger partial charge < -0.3 is 16.2 Å². The predicted octanol–water partition coefficient (Wildman–Crippen LogP) is 0.926. The molecule has 19 heavy (non-hydrogen) atoms. The van der Waals surface area contributed by atoms with Crippen LogP contribution in [0.4, 0.5) is 0 Å². The second kappa shape index (κ2) is 7.53. The van der Waals surface area contributed by atoms with Crippen LogP contribution >= 0.6 is 0 Å². The molecule has 0 aliphatic carbocycles. The summed E-state index contributed by atoms with van der Waals surface area (Å²) < 4.78 is 0. The highest BCUT2D eigenvalue weighted by Gasteiger charge is 2.18. The number of carbonyl (C=O) groups is 2. The fourth-order valence-electron chi connectivity index (χ4n) is 1.73. The number of benzene rings is 1. The topological polar surface area (TPSA) is 92.4 Å². The Kier molecular flexibility index (Phi) is 6.02. The SMILES string of the molecule is C[C@@H](CCc1ccccc1)NC(=O)[C@H](N)CC(=O)O. The highest BCUT2D eigenvalue weighted by Crippen LogP contribution is 2.05. The number of amides is 1. The zero-order chi connectivity index (χ0) is 14.3. The number of hydrogen-bond donors (Lipinski definition) is 3. The molecule has 0 aromatic heterocycles. The van der Waals surface area contributed by atoms with Gasteiger partial charge in [-0.15, -0.1) is 0 Å². The minimum absolute atomic E-state index is 0.0347. The third kappa shape index (κ3) is 6.01. The molecule has 0 saturated carbocycles. The minimum atomic E-state index is -1.07. The molecule has 5 nitrogen and oxygen atoms in total. The normalized spacial score (nSPS) is 13.6. The van der Waals surface area contributed by atoms with E-state index in [1.54, 1.807) is 0 Å².